The van der Waals surface area contributed by atoms with E-state index in [0.29, 0.717) is 12.2 Å². The molecule has 0 saturated heterocycles. The van der Waals surface area contributed by atoms with Crippen LogP contribution in [0.5, 0.6) is 5.75 Å². The van der Waals surface area contributed by atoms with Crippen molar-refractivity contribution in [2.45, 2.75) is 32.8 Å². The van der Waals surface area contributed by atoms with E-state index in [1.807, 2.05) is 38.1 Å². The van der Waals surface area contributed by atoms with Gasteiger partial charge in [-0.15, -0.1) is 0 Å². The number of rotatable bonds is 6. The number of hydrogen-bond donors (Lipinski definition) is 1. The van der Waals surface area contributed by atoms with Crippen LogP contribution in [0.3, 0.4) is 0 Å². The Hall–Kier alpha value is -2.81. The van der Waals surface area contributed by atoms with E-state index in [4.69, 9.17) is 4.74 Å². The van der Waals surface area contributed by atoms with Gasteiger partial charge in [-0.2, -0.15) is 0 Å². The zero-order valence-electron chi connectivity index (χ0n) is 14.5. The maximum atomic E-state index is 11.7. The van der Waals surface area contributed by atoms with E-state index in [0.717, 1.165) is 12.0 Å². The third kappa shape index (κ3) is 4.00. The van der Waals surface area contributed by atoms with Crippen LogP contribution in [0.2, 0.25) is 0 Å². The second-order valence-electron chi connectivity index (χ2n) is 6.44. The molecular weight excluding hydrogens is 312 g/mol. The number of hydrogen-bond acceptors (Lipinski definition) is 2. The van der Waals surface area contributed by atoms with Crippen LogP contribution in [0, 0.1) is 0 Å². The number of aromatic carboxylic acids is 1. The predicted molar refractivity (Wildman–Crippen MR) is 101 cm³/mol. The Kier molecular flexibility index (Phi) is 5.03. The van der Waals surface area contributed by atoms with E-state index in [1.165, 1.54) is 16.3 Å². The molecule has 0 aliphatic heterocycles. The Morgan fingerprint density at radius 3 is 2.44 bits per heavy atom. The molecule has 0 spiro atoms. The predicted octanol–water partition coefficient (Wildman–Crippen LogP) is 5.11. The van der Waals surface area contributed by atoms with E-state index in [1.54, 1.807) is 6.07 Å². The molecule has 25 heavy (non-hydrogen) atoms. The summed E-state index contributed by atoms with van der Waals surface area (Å²) in [5.41, 5.74) is 2.28. The van der Waals surface area contributed by atoms with Crippen molar-refractivity contribution in [2.75, 3.05) is 0 Å². The molecule has 128 valence electrons. The third-order valence-electron chi connectivity index (χ3n) is 4.19. The number of carboxylic acid groups (broad SMARTS) is 1. The molecule has 0 aromatic heterocycles. The molecule has 3 heteroatoms. The second kappa shape index (κ2) is 7.39. The summed E-state index contributed by atoms with van der Waals surface area (Å²) in [6.07, 6.45) is 1.39. The summed E-state index contributed by atoms with van der Waals surface area (Å²) in [6.45, 7) is 3.79. The summed E-state index contributed by atoms with van der Waals surface area (Å²) in [4.78, 5) is 11.7. The maximum absolute atomic E-state index is 11.7. The van der Waals surface area contributed by atoms with Crippen molar-refractivity contribution in [1.29, 1.82) is 0 Å². The van der Waals surface area contributed by atoms with E-state index in [9.17, 15) is 9.90 Å². The van der Waals surface area contributed by atoms with E-state index < -0.39 is 5.97 Å². The number of benzene rings is 3. The van der Waals surface area contributed by atoms with Gasteiger partial charge < -0.3 is 9.84 Å². The molecule has 0 amide bonds. The highest BCUT2D eigenvalue weighted by atomic mass is 16.5. The van der Waals surface area contributed by atoms with Crippen molar-refractivity contribution >= 4 is 16.7 Å². The lowest BCUT2D eigenvalue weighted by molar-refractivity contribution is 0.0689. The zero-order chi connectivity index (χ0) is 17.8. The molecule has 0 saturated carbocycles. The fourth-order valence-corrected chi connectivity index (χ4v) is 3.05. The first-order valence-corrected chi connectivity index (χ1v) is 8.54. The lowest BCUT2D eigenvalue weighted by Gasteiger charge is -2.15. The summed E-state index contributed by atoms with van der Waals surface area (Å²) < 4.78 is 5.68. The van der Waals surface area contributed by atoms with Crippen LogP contribution in [-0.4, -0.2) is 17.2 Å². The molecule has 0 fully saturated rings. The van der Waals surface area contributed by atoms with Crippen molar-refractivity contribution in [1.82, 2.24) is 0 Å². The van der Waals surface area contributed by atoms with Crippen LogP contribution in [0.4, 0.5) is 0 Å². The van der Waals surface area contributed by atoms with Crippen LogP contribution in [0.25, 0.3) is 10.8 Å². The topological polar surface area (TPSA) is 46.5 Å². The fraction of sp³-hybridized carbons (Fsp3) is 0.227. The maximum Gasteiger partial charge on any atom is 0.339 e. The molecule has 0 unspecified atom stereocenters. The van der Waals surface area contributed by atoms with Crippen molar-refractivity contribution in [3.05, 3.63) is 77.4 Å². The molecule has 0 atom stereocenters. The lowest BCUT2D eigenvalue weighted by atomic mass is 9.97. The normalized spacial score (nSPS) is 11.0. The van der Waals surface area contributed by atoms with Crippen molar-refractivity contribution in [3.8, 4) is 5.75 Å². The molecule has 3 aromatic rings. The molecule has 3 rings (SSSR count). The Bertz CT molecular complexity index is 897. The Morgan fingerprint density at radius 1 is 0.960 bits per heavy atom. The van der Waals surface area contributed by atoms with Gasteiger partial charge in [0.05, 0.1) is 6.10 Å². The first kappa shape index (κ1) is 17.0. The van der Waals surface area contributed by atoms with Gasteiger partial charge in [0.15, 0.2) is 0 Å². The molecule has 0 heterocycles. The first-order chi connectivity index (χ1) is 12.0. The quantitative estimate of drug-likeness (QED) is 0.681. The second-order valence-corrected chi connectivity index (χ2v) is 6.44. The third-order valence-corrected chi connectivity index (χ3v) is 4.19. The van der Waals surface area contributed by atoms with Gasteiger partial charge in [0.1, 0.15) is 11.3 Å². The fourth-order valence-electron chi connectivity index (χ4n) is 3.05. The van der Waals surface area contributed by atoms with Gasteiger partial charge in [-0.25, -0.2) is 4.79 Å². The minimum absolute atomic E-state index is 0.0613. The standard InChI is InChI=1S/C22H22O3/c1-15(2)25-20-9-5-8-18(21(20)22(23)24)13-11-16-10-12-17-6-3-4-7-19(17)14-16/h3-10,12,14-15H,11,13H2,1-2H3,(H,23,24). The molecule has 0 aliphatic carbocycles. The molecule has 0 radical (unpaired) electrons. The highest BCUT2D eigenvalue weighted by Gasteiger charge is 2.17. The SMILES string of the molecule is CC(C)Oc1cccc(CCc2ccc3ccccc3c2)c1C(=O)O. The zero-order valence-corrected chi connectivity index (χ0v) is 14.5. The lowest BCUT2D eigenvalue weighted by Crippen LogP contribution is -2.12. The molecular formula is C22H22O3. The van der Waals surface area contributed by atoms with Crippen molar-refractivity contribution < 1.29 is 14.6 Å². The van der Waals surface area contributed by atoms with Crippen LogP contribution in [0.1, 0.15) is 35.3 Å². The van der Waals surface area contributed by atoms with Crippen LogP contribution in [-0.2, 0) is 12.8 Å². The minimum Gasteiger partial charge on any atom is -0.490 e. The summed E-state index contributed by atoms with van der Waals surface area (Å²) in [7, 11) is 0. The number of carboxylic acids is 1. The molecule has 0 aliphatic rings. The van der Waals surface area contributed by atoms with E-state index >= 15 is 0 Å². The minimum atomic E-state index is -0.940. The Labute approximate surface area is 147 Å². The number of aryl methyl sites for hydroxylation is 2. The number of ether oxygens (including phenoxy) is 1. The van der Waals surface area contributed by atoms with Gasteiger partial charge in [-0.3, -0.25) is 0 Å². The van der Waals surface area contributed by atoms with Gasteiger partial charge in [-0.05, 0) is 54.7 Å². The van der Waals surface area contributed by atoms with E-state index in [-0.39, 0.29) is 11.7 Å². The smallest absolute Gasteiger partial charge is 0.339 e. The molecule has 3 aromatic carbocycles. The first-order valence-electron chi connectivity index (χ1n) is 8.54. The largest absolute Gasteiger partial charge is 0.490 e. The van der Waals surface area contributed by atoms with Gasteiger partial charge >= 0.3 is 5.97 Å². The van der Waals surface area contributed by atoms with Gasteiger partial charge in [0.2, 0.25) is 0 Å². The van der Waals surface area contributed by atoms with Crippen LogP contribution in [0.15, 0.2) is 60.7 Å². The van der Waals surface area contributed by atoms with Crippen LogP contribution >= 0.6 is 0 Å². The summed E-state index contributed by atoms with van der Waals surface area (Å²) in [5, 5.41) is 12.0. The average molecular weight is 334 g/mol. The van der Waals surface area contributed by atoms with E-state index in [2.05, 4.69) is 30.3 Å². The summed E-state index contributed by atoms with van der Waals surface area (Å²) in [5.74, 6) is -0.497. The highest BCUT2D eigenvalue weighted by Crippen LogP contribution is 2.25. The average Bonchev–Trinajstić information content (AvgIpc) is 2.59. The summed E-state index contributed by atoms with van der Waals surface area (Å²) in [6, 6.07) is 20.1. The number of carbonyl (C=O) groups is 1. The van der Waals surface area contributed by atoms with Crippen molar-refractivity contribution in [2.24, 2.45) is 0 Å². The Balaban J connectivity index is 1.85. The van der Waals surface area contributed by atoms with Gasteiger partial charge in [0, 0.05) is 0 Å². The monoisotopic (exact) mass is 334 g/mol. The molecule has 0 bridgehead atoms. The van der Waals surface area contributed by atoms with Crippen molar-refractivity contribution in [3.63, 3.8) is 0 Å². The number of fused-ring (bicyclic) bond motifs is 1. The summed E-state index contributed by atoms with van der Waals surface area (Å²) >= 11 is 0. The van der Waals surface area contributed by atoms with Gasteiger partial charge in [0.25, 0.3) is 0 Å². The molecule has 1 N–H and O–H groups in total. The molecule has 3 nitrogen and oxygen atoms in total. The van der Waals surface area contributed by atoms with Gasteiger partial charge in [-0.1, -0.05) is 54.6 Å². The Morgan fingerprint density at radius 2 is 1.72 bits per heavy atom. The highest BCUT2D eigenvalue weighted by molar-refractivity contribution is 5.92. The van der Waals surface area contributed by atoms with Crippen LogP contribution < -0.4 is 4.74 Å².